The van der Waals surface area contributed by atoms with Crippen molar-refractivity contribution in [3.05, 3.63) is 45.6 Å². The molecule has 108 valence electrons. The zero-order valence-corrected chi connectivity index (χ0v) is 14.1. The van der Waals surface area contributed by atoms with Crippen molar-refractivity contribution in [3.8, 4) is 11.3 Å². The first kappa shape index (κ1) is 15.6. The molecule has 1 N–H and O–H groups in total. The molecule has 0 atom stereocenters. The van der Waals surface area contributed by atoms with E-state index in [1.165, 1.54) is 6.42 Å². The Bertz CT molecular complexity index is 565. The maximum Gasteiger partial charge on any atom is 0.135 e. The van der Waals surface area contributed by atoms with Crippen molar-refractivity contribution in [2.45, 2.75) is 26.8 Å². The molecule has 1 heterocycles. The Morgan fingerprint density at radius 2 is 2.05 bits per heavy atom. The molecule has 0 amide bonds. The van der Waals surface area contributed by atoms with Crippen LogP contribution in [0.3, 0.4) is 0 Å². The number of nitrogens with one attached hydrogen (secondary N) is 1. The molecule has 2 rings (SSSR count). The lowest BCUT2D eigenvalue weighted by molar-refractivity contribution is 0.474. The van der Waals surface area contributed by atoms with Gasteiger partial charge in [0.25, 0.3) is 0 Å². The molecule has 0 unspecified atom stereocenters. The minimum Gasteiger partial charge on any atom is -0.460 e. The Morgan fingerprint density at radius 1 is 1.25 bits per heavy atom. The molecule has 20 heavy (non-hydrogen) atoms. The van der Waals surface area contributed by atoms with Gasteiger partial charge in [0.15, 0.2) is 0 Å². The van der Waals surface area contributed by atoms with Gasteiger partial charge in [0.1, 0.15) is 11.5 Å². The normalized spacial score (nSPS) is 11.2. The first-order valence-electron chi connectivity index (χ1n) is 6.81. The summed E-state index contributed by atoms with van der Waals surface area (Å²) in [5.41, 5.74) is 0.920. The van der Waals surface area contributed by atoms with Crippen molar-refractivity contribution in [1.82, 2.24) is 5.32 Å². The quantitative estimate of drug-likeness (QED) is 0.691. The number of hydrogen-bond donors (Lipinski definition) is 1. The third kappa shape index (κ3) is 4.37. The van der Waals surface area contributed by atoms with Gasteiger partial charge in [-0.15, -0.1) is 0 Å². The van der Waals surface area contributed by atoms with E-state index in [1.807, 2.05) is 30.3 Å². The number of rotatable bonds is 6. The van der Waals surface area contributed by atoms with Crippen LogP contribution < -0.4 is 5.32 Å². The van der Waals surface area contributed by atoms with Gasteiger partial charge in [0.2, 0.25) is 0 Å². The van der Waals surface area contributed by atoms with Crippen molar-refractivity contribution >= 4 is 27.5 Å². The molecular formula is C16H19BrClNO. The Morgan fingerprint density at radius 3 is 2.75 bits per heavy atom. The average Bonchev–Trinajstić information content (AvgIpc) is 2.83. The van der Waals surface area contributed by atoms with Gasteiger partial charge >= 0.3 is 0 Å². The fourth-order valence-electron chi connectivity index (χ4n) is 1.91. The van der Waals surface area contributed by atoms with Crippen molar-refractivity contribution in [1.29, 1.82) is 0 Å². The summed E-state index contributed by atoms with van der Waals surface area (Å²) in [4.78, 5) is 0. The lowest BCUT2D eigenvalue weighted by Gasteiger charge is -2.05. The summed E-state index contributed by atoms with van der Waals surface area (Å²) in [6.45, 7) is 6.21. The number of furan rings is 1. The van der Waals surface area contributed by atoms with Gasteiger partial charge in [0, 0.05) is 10.0 Å². The van der Waals surface area contributed by atoms with Gasteiger partial charge in [-0.3, -0.25) is 0 Å². The Balaban J connectivity index is 1.98. The zero-order chi connectivity index (χ0) is 14.5. The molecule has 2 nitrogen and oxygen atoms in total. The van der Waals surface area contributed by atoms with E-state index in [1.54, 1.807) is 0 Å². The fourth-order valence-corrected chi connectivity index (χ4v) is 2.68. The Kier molecular flexibility index (Phi) is 5.70. The van der Waals surface area contributed by atoms with Crippen LogP contribution >= 0.6 is 27.5 Å². The first-order valence-corrected chi connectivity index (χ1v) is 7.98. The SMILES string of the molecule is CC(C)CCNCc1ccc(-c2ccc(Br)cc2Cl)o1. The van der Waals surface area contributed by atoms with E-state index in [0.29, 0.717) is 5.02 Å². The third-order valence-electron chi connectivity index (χ3n) is 3.06. The minimum absolute atomic E-state index is 0.688. The highest BCUT2D eigenvalue weighted by atomic mass is 79.9. The van der Waals surface area contributed by atoms with E-state index in [-0.39, 0.29) is 0 Å². The maximum absolute atomic E-state index is 6.23. The largest absolute Gasteiger partial charge is 0.460 e. The molecule has 0 bridgehead atoms. The molecule has 0 fully saturated rings. The summed E-state index contributed by atoms with van der Waals surface area (Å²) in [6, 6.07) is 9.76. The molecule has 4 heteroatoms. The van der Waals surface area contributed by atoms with Crippen molar-refractivity contribution in [2.75, 3.05) is 6.54 Å². The summed E-state index contributed by atoms with van der Waals surface area (Å²) < 4.78 is 6.80. The van der Waals surface area contributed by atoms with Crippen molar-refractivity contribution in [3.63, 3.8) is 0 Å². The predicted molar refractivity (Wildman–Crippen MR) is 88.0 cm³/mol. The van der Waals surface area contributed by atoms with E-state index < -0.39 is 0 Å². The number of hydrogen-bond acceptors (Lipinski definition) is 2. The molecule has 0 radical (unpaired) electrons. The number of halogens is 2. The molecule has 0 saturated heterocycles. The summed E-state index contributed by atoms with van der Waals surface area (Å²) >= 11 is 9.63. The van der Waals surface area contributed by atoms with E-state index in [0.717, 1.165) is 40.6 Å². The van der Waals surface area contributed by atoms with E-state index in [2.05, 4.69) is 35.1 Å². The van der Waals surface area contributed by atoms with Gasteiger partial charge < -0.3 is 9.73 Å². The van der Waals surface area contributed by atoms with Crippen molar-refractivity contribution < 1.29 is 4.42 Å². The topological polar surface area (TPSA) is 25.2 Å². The van der Waals surface area contributed by atoms with Gasteiger partial charge in [-0.25, -0.2) is 0 Å². The second kappa shape index (κ2) is 7.30. The number of benzene rings is 1. The van der Waals surface area contributed by atoms with Gasteiger partial charge in [0.05, 0.1) is 11.6 Å². The molecule has 2 aromatic rings. The summed E-state index contributed by atoms with van der Waals surface area (Å²) in [7, 11) is 0. The van der Waals surface area contributed by atoms with Crippen LogP contribution in [0, 0.1) is 5.92 Å². The maximum atomic E-state index is 6.23. The Hall–Kier alpha value is -0.770. The van der Waals surface area contributed by atoms with Crippen LogP contribution in [-0.4, -0.2) is 6.54 Å². The molecule has 0 spiro atoms. The van der Waals surface area contributed by atoms with Crippen LogP contribution in [0.5, 0.6) is 0 Å². The molecule has 0 aliphatic carbocycles. The van der Waals surface area contributed by atoms with Gasteiger partial charge in [-0.1, -0.05) is 41.4 Å². The molecule has 0 aliphatic heterocycles. The molecule has 1 aromatic carbocycles. The molecule has 0 saturated carbocycles. The summed E-state index contributed by atoms with van der Waals surface area (Å²) in [6.07, 6.45) is 1.17. The van der Waals surface area contributed by atoms with Gasteiger partial charge in [-0.05, 0) is 49.2 Å². The van der Waals surface area contributed by atoms with Crippen LogP contribution in [0.4, 0.5) is 0 Å². The second-order valence-corrected chi connectivity index (χ2v) is 6.57. The van der Waals surface area contributed by atoms with E-state index in [9.17, 15) is 0 Å². The smallest absolute Gasteiger partial charge is 0.135 e. The van der Waals surface area contributed by atoms with Crippen LogP contribution in [0.1, 0.15) is 26.0 Å². The molecule has 0 aliphatic rings. The standard InChI is InChI=1S/C16H19BrClNO/c1-11(2)7-8-19-10-13-4-6-16(20-13)14-5-3-12(17)9-15(14)18/h3-6,9,11,19H,7-8,10H2,1-2H3. The van der Waals surface area contributed by atoms with Crippen LogP contribution in [0.15, 0.2) is 39.2 Å². The van der Waals surface area contributed by atoms with Gasteiger partial charge in [-0.2, -0.15) is 0 Å². The lowest BCUT2D eigenvalue weighted by atomic mass is 10.1. The van der Waals surface area contributed by atoms with Crippen LogP contribution in [-0.2, 0) is 6.54 Å². The monoisotopic (exact) mass is 355 g/mol. The lowest BCUT2D eigenvalue weighted by Crippen LogP contribution is -2.15. The molecule has 1 aromatic heterocycles. The molecular weight excluding hydrogens is 338 g/mol. The highest BCUT2D eigenvalue weighted by Gasteiger charge is 2.09. The first-order chi connectivity index (χ1) is 9.56. The fraction of sp³-hybridized carbons (Fsp3) is 0.375. The predicted octanol–water partition coefficient (Wildman–Crippen LogP) is 5.50. The van der Waals surface area contributed by atoms with E-state index >= 15 is 0 Å². The van der Waals surface area contributed by atoms with E-state index in [4.69, 9.17) is 16.0 Å². The van der Waals surface area contributed by atoms with Crippen LogP contribution in [0.2, 0.25) is 5.02 Å². The highest BCUT2D eigenvalue weighted by Crippen LogP contribution is 2.31. The summed E-state index contributed by atoms with van der Waals surface area (Å²) in [5, 5.41) is 4.08. The van der Waals surface area contributed by atoms with Crippen molar-refractivity contribution in [2.24, 2.45) is 5.92 Å². The average molecular weight is 357 g/mol. The zero-order valence-electron chi connectivity index (χ0n) is 11.7. The minimum atomic E-state index is 0.688. The summed E-state index contributed by atoms with van der Waals surface area (Å²) in [5.74, 6) is 2.46. The second-order valence-electron chi connectivity index (χ2n) is 5.25. The Labute approximate surface area is 133 Å². The highest BCUT2D eigenvalue weighted by molar-refractivity contribution is 9.10. The van der Waals surface area contributed by atoms with Crippen LogP contribution in [0.25, 0.3) is 11.3 Å². The third-order valence-corrected chi connectivity index (χ3v) is 3.86.